The van der Waals surface area contributed by atoms with E-state index in [2.05, 4.69) is 0 Å². The van der Waals surface area contributed by atoms with Crippen LogP contribution >= 0.6 is 0 Å². The zero-order valence-electron chi connectivity index (χ0n) is 12.2. The molecule has 0 fully saturated rings. The van der Waals surface area contributed by atoms with Crippen LogP contribution in [0.25, 0.3) is 16.6 Å². The van der Waals surface area contributed by atoms with Crippen LogP contribution < -0.4 is 0 Å². The number of esters is 1. The number of para-hydroxylation sites is 1. The van der Waals surface area contributed by atoms with Crippen molar-refractivity contribution in [3.63, 3.8) is 0 Å². The zero-order valence-corrected chi connectivity index (χ0v) is 12.2. The molecule has 0 bridgehead atoms. The van der Waals surface area contributed by atoms with Gasteiger partial charge in [0.05, 0.1) is 17.7 Å². The highest BCUT2D eigenvalue weighted by Crippen LogP contribution is 2.25. The van der Waals surface area contributed by atoms with Gasteiger partial charge in [-0.2, -0.15) is 0 Å². The SMILES string of the molecule is CCOC(=O)c1ccc2c(c1)c(C=O)cn2-c1ccccc1. The Morgan fingerprint density at radius 3 is 2.64 bits per heavy atom. The Hall–Kier alpha value is -2.88. The van der Waals surface area contributed by atoms with Crippen molar-refractivity contribution < 1.29 is 14.3 Å². The molecule has 2 aromatic carbocycles. The van der Waals surface area contributed by atoms with E-state index in [0.717, 1.165) is 22.9 Å². The lowest BCUT2D eigenvalue weighted by atomic mass is 10.1. The number of aldehydes is 1. The molecule has 0 spiro atoms. The summed E-state index contributed by atoms with van der Waals surface area (Å²) in [6.07, 6.45) is 2.58. The fraction of sp³-hybridized carbons (Fsp3) is 0.111. The Balaban J connectivity index is 2.18. The monoisotopic (exact) mass is 293 g/mol. The van der Waals surface area contributed by atoms with Gasteiger partial charge in [-0.05, 0) is 37.3 Å². The van der Waals surface area contributed by atoms with Gasteiger partial charge < -0.3 is 9.30 Å². The van der Waals surface area contributed by atoms with E-state index in [4.69, 9.17) is 4.74 Å². The molecule has 0 aliphatic rings. The molecule has 0 N–H and O–H groups in total. The minimum atomic E-state index is -0.381. The maximum Gasteiger partial charge on any atom is 0.338 e. The van der Waals surface area contributed by atoms with Crippen molar-refractivity contribution >= 4 is 23.2 Å². The molecule has 0 radical (unpaired) electrons. The van der Waals surface area contributed by atoms with E-state index in [9.17, 15) is 9.59 Å². The van der Waals surface area contributed by atoms with Crippen LogP contribution in [0.5, 0.6) is 0 Å². The summed E-state index contributed by atoms with van der Waals surface area (Å²) in [5, 5.41) is 0.740. The van der Waals surface area contributed by atoms with Crippen molar-refractivity contribution in [1.29, 1.82) is 0 Å². The predicted octanol–water partition coefficient (Wildman–Crippen LogP) is 3.62. The fourth-order valence-electron chi connectivity index (χ4n) is 2.49. The third kappa shape index (κ3) is 2.39. The van der Waals surface area contributed by atoms with Crippen LogP contribution in [0.3, 0.4) is 0 Å². The van der Waals surface area contributed by atoms with Crippen molar-refractivity contribution in [2.75, 3.05) is 6.61 Å². The molecule has 1 aromatic heterocycles. The number of hydrogen-bond donors (Lipinski definition) is 0. The van der Waals surface area contributed by atoms with Gasteiger partial charge in [-0.1, -0.05) is 18.2 Å². The molecule has 0 aliphatic heterocycles. The highest BCUT2D eigenvalue weighted by molar-refractivity contribution is 6.02. The van der Waals surface area contributed by atoms with Crippen molar-refractivity contribution in [3.05, 3.63) is 65.9 Å². The van der Waals surface area contributed by atoms with Gasteiger partial charge in [0.1, 0.15) is 0 Å². The molecular weight excluding hydrogens is 278 g/mol. The summed E-state index contributed by atoms with van der Waals surface area (Å²) >= 11 is 0. The van der Waals surface area contributed by atoms with Gasteiger partial charge in [0.2, 0.25) is 0 Å². The summed E-state index contributed by atoms with van der Waals surface area (Å²) in [5.74, 6) is -0.381. The third-order valence-corrected chi connectivity index (χ3v) is 3.51. The van der Waals surface area contributed by atoms with Crippen LogP contribution in [0, 0.1) is 0 Å². The molecule has 110 valence electrons. The normalized spacial score (nSPS) is 10.6. The Kier molecular flexibility index (Phi) is 3.74. The van der Waals surface area contributed by atoms with Gasteiger partial charge in [0, 0.05) is 22.8 Å². The quantitative estimate of drug-likeness (QED) is 0.545. The van der Waals surface area contributed by atoms with Crippen molar-refractivity contribution in [2.45, 2.75) is 6.92 Å². The molecule has 0 saturated heterocycles. The first-order valence-electron chi connectivity index (χ1n) is 7.07. The summed E-state index contributed by atoms with van der Waals surface area (Å²) in [5.41, 5.74) is 2.83. The van der Waals surface area contributed by atoms with E-state index in [1.807, 2.05) is 41.0 Å². The third-order valence-electron chi connectivity index (χ3n) is 3.51. The molecule has 0 unspecified atom stereocenters. The number of ether oxygens (including phenoxy) is 1. The number of aromatic nitrogens is 1. The van der Waals surface area contributed by atoms with E-state index in [0.29, 0.717) is 17.7 Å². The Bertz CT molecular complexity index is 834. The molecule has 0 saturated carbocycles. The first-order valence-corrected chi connectivity index (χ1v) is 7.07. The first kappa shape index (κ1) is 14.1. The number of nitrogens with zero attached hydrogens (tertiary/aromatic N) is 1. The van der Waals surface area contributed by atoms with Crippen LogP contribution in [0.15, 0.2) is 54.7 Å². The first-order chi connectivity index (χ1) is 10.7. The molecule has 3 rings (SSSR count). The molecule has 0 atom stereocenters. The van der Waals surface area contributed by atoms with E-state index in [1.54, 1.807) is 25.3 Å². The summed E-state index contributed by atoms with van der Waals surface area (Å²) < 4.78 is 6.95. The second-order valence-corrected chi connectivity index (χ2v) is 4.86. The Morgan fingerprint density at radius 1 is 1.18 bits per heavy atom. The highest BCUT2D eigenvalue weighted by atomic mass is 16.5. The molecule has 0 aliphatic carbocycles. The zero-order chi connectivity index (χ0) is 15.5. The predicted molar refractivity (Wildman–Crippen MR) is 84.6 cm³/mol. The summed E-state index contributed by atoms with van der Waals surface area (Å²) in [7, 11) is 0. The van der Waals surface area contributed by atoms with E-state index in [-0.39, 0.29) is 5.97 Å². The van der Waals surface area contributed by atoms with Gasteiger partial charge in [0.25, 0.3) is 0 Å². The van der Waals surface area contributed by atoms with Gasteiger partial charge in [-0.25, -0.2) is 4.79 Å². The standard InChI is InChI=1S/C18H15NO3/c1-2-22-18(21)13-8-9-17-16(10-13)14(12-20)11-19(17)15-6-4-3-5-7-15/h3-12H,2H2,1H3. The minimum absolute atomic E-state index is 0.322. The minimum Gasteiger partial charge on any atom is -0.462 e. The fourth-order valence-corrected chi connectivity index (χ4v) is 2.49. The Labute approximate surface area is 127 Å². The molecule has 0 amide bonds. The van der Waals surface area contributed by atoms with Crippen molar-refractivity contribution in [1.82, 2.24) is 4.57 Å². The van der Waals surface area contributed by atoms with Crippen LogP contribution in [-0.2, 0) is 4.74 Å². The molecular formula is C18H15NO3. The van der Waals surface area contributed by atoms with Gasteiger partial charge in [-0.3, -0.25) is 4.79 Å². The van der Waals surface area contributed by atoms with Gasteiger partial charge >= 0.3 is 5.97 Å². The molecule has 3 aromatic rings. The summed E-state index contributed by atoms with van der Waals surface area (Å²) in [4.78, 5) is 23.2. The van der Waals surface area contributed by atoms with Crippen LogP contribution in [0.1, 0.15) is 27.6 Å². The molecule has 4 nitrogen and oxygen atoms in total. The lowest BCUT2D eigenvalue weighted by molar-refractivity contribution is 0.0526. The molecule has 1 heterocycles. The van der Waals surface area contributed by atoms with Crippen molar-refractivity contribution in [3.8, 4) is 5.69 Å². The van der Waals surface area contributed by atoms with Crippen LogP contribution in [-0.4, -0.2) is 23.4 Å². The van der Waals surface area contributed by atoms with E-state index in [1.165, 1.54) is 0 Å². The maximum atomic E-state index is 11.8. The largest absolute Gasteiger partial charge is 0.462 e. The number of carbonyl (C=O) groups is 2. The second-order valence-electron chi connectivity index (χ2n) is 4.86. The number of rotatable bonds is 4. The van der Waals surface area contributed by atoms with Crippen molar-refractivity contribution in [2.24, 2.45) is 0 Å². The average molecular weight is 293 g/mol. The second kappa shape index (κ2) is 5.85. The smallest absolute Gasteiger partial charge is 0.338 e. The lowest BCUT2D eigenvalue weighted by Crippen LogP contribution is -2.04. The number of hydrogen-bond acceptors (Lipinski definition) is 3. The van der Waals surface area contributed by atoms with E-state index >= 15 is 0 Å². The lowest BCUT2D eigenvalue weighted by Gasteiger charge is -2.06. The Morgan fingerprint density at radius 2 is 1.95 bits per heavy atom. The number of carbonyl (C=O) groups excluding carboxylic acids is 2. The summed E-state index contributed by atoms with van der Waals surface area (Å²) in [6.45, 7) is 2.08. The molecule has 4 heteroatoms. The summed E-state index contributed by atoms with van der Waals surface area (Å²) in [6, 6.07) is 15.0. The van der Waals surface area contributed by atoms with Crippen LogP contribution in [0.2, 0.25) is 0 Å². The average Bonchev–Trinajstić information content (AvgIpc) is 2.94. The van der Waals surface area contributed by atoms with E-state index < -0.39 is 0 Å². The molecule has 22 heavy (non-hydrogen) atoms. The highest BCUT2D eigenvalue weighted by Gasteiger charge is 2.13. The maximum absolute atomic E-state index is 11.8. The topological polar surface area (TPSA) is 48.3 Å². The van der Waals surface area contributed by atoms with Gasteiger partial charge in [0.15, 0.2) is 6.29 Å². The number of benzene rings is 2. The van der Waals surface area contributed by atoms with Crippen LogP contribution in [0.4, 0.5) is 0 Å². The number of fused-ring (bicyclic) bond motifs is 1. The van der Waals surface area contributed by atoms with Gasteiger partial charge in [-0.15, -0.1) is 0 Å².